The first-order valence-electron chi connectivity index (χ1n) is 8.00. The van der Waals surface area contributed by atoms with Crippen LogP contribution in [0.1, 0.15) is 46.0 Å². The predicted octanol–water partition coefficient (Wildman–Crippen LogP) is 2.89. The number of nitrogens with one attached hydrogen (secondary N) is 1. The average Bonchev–Trinajstić information content (AvgIpc) is 2.60. The number of benzene rings is 2. The normalized spacial score (nSPS) is 10.2. The number of nitrogens with two attached hydrogens (primary N) is 1. The second kappa shape index (κ2) is 8.72. The van der Waals surface area contributed by atoms with E-state index < -0.39 is 5.91 Å². The van der Waals surface area contributed by atoms with E-state index in [1.807, 2.05) is 24.3 Å². The fourth-order valence-electron chi connectivity index (χ4n) is 2.15. The number of hydrogen-bond donors (Lipinski definition) is 2. The lowest BCUT2D eigenvalue weighted by Crippen LogP contribution is -2.23. The number of carbonyl (C=O) groups excluding carboxylic acids is 2. The topological polar surface area (TPSA) is 81.4 Å². The molecule has 24 heavy (non-hydrogen) atoms. The molecule has 2 amide bonds. The van der Waals surface area contributed by atoms with Gasteiger partial charge in [0.2, 0.25) is 5.91 Å². The quantitative estimate of drug-likeness (QED) is 0.732. The fourth-order valence-corrected chi connectivity index (χ4v) is 2.15. The molecule has 0 fully saturated rings. The van der Waals surface area contributed by atoms with Crippen LogP contribution in [0.25, 0.3) is 0 Å². The molecule has 0 atom stereocenters. The van der Waals surface area contributed by atoms with Gasteiger partial charge >= 0.3 is 0 Å². The van der Waals surface area contributed by atoms with Crippen molar-refractivity contribution in [3.05, 3.63) is 65.2 Å². The predicted molar refractivity (Wildman–Crippen MR) is 93.0 cm³/mol. The highest BCUT2D eigenvalue weighted by Gasteiger charge is 2.07. The van der Waals surface area contributed by atoms with Crippen molar-refractivity contribution in [2.24, 2.45) is 5.73 Å². The molecule has 0 unspecified atom stereocenters. The van der Waals surface area contributed by atoms with Crippen molar-refractivity contribution < 1.29 is 14.3 Å². The molecule has 126 valence electrons. The molecular weight excluding hydrogens is 304 g/mol. The van der Waals surface area contributed by atoms with Crippen LogP contribution in [-0.2, 0) is 6.54 Å². The summed E-state index contributed by atoms with van der Waals surface area (Å²) in [4.78, 5) is 23.2. The Morgan fingerprint density at radius 2 is 1.79 bits per heavy atom. The van der Waals surface area contributed by atoms with E-state index in [1.165, 1.54) is 0 Å². The molecule has 5 nitrogen and oxygen atoms in total. The zero-order valence-electron chi connectivity index (χ0n) is 13.7. The van der Waals surface area contributed by atoms with E-state index >= 15 is 0 Å². The summed E-state index contributed by atoms with van der Waals surface area (Å²) >= 11 is 0. The zero-order chi connectivity index (χ0) is 17.4. The van der Waals surface area contributed by atoms with Crippen LogP contribution in [0.15, 0.2) is 48.5 Å². The van der Waals surface area contributed by atoms with E-state index in [4.69, 9.17) is 10.5 Å². The molecule has 2 aromatic rings. The van der Waals surface area contributed by atoms with Crippen molar-refractivity contribution in [3.63, 3.8) is 0 Å². The average molecular weight is 326 g/mol. The third-order valence-electron chi connectivity index (χ3n) is 3.55. The zero-order valence-corrected chi connectivity index (χ0v) is 13.7. The maximum atomic E-state index is 12.1. The van der Waals surface area contributed by atoms with Crippen LogP contribution in [0.2, 0.25) is 0 Å². The van der Waals surface area contributed by atoms with E-state index in [9.17, 15) is 9.59 Å². The van der Waals surface area contributed by atoms with E-state index in [0.29, 0.717) is 24.3 Å². The van der Waals surface area contributed by atoms with Crippen molar-refractivity contribution in [2.75, 3.05) is 6.61 Å². The molecule has 0 bridgehead atoms. The van der Waals surface area contributed by atoms with Crippen molar-refractivity contribution in [1.29, 1.82) is 0 Å². The van der Waals surface area contributed by atoms with Crippen LogP contribution in [-0.4, -0.2) is 18.4 Å². The Morgan fingerprint density at radius 3 is 2.46 bits per heavy atom. The van der Waals surface area contributed by atoms with Crippen LogP contribution < -0.4 is 15.8 Å². The van der Waals surface area contributed by atoms with Gasteiger partial charge in [0.15, 0.2) is 0 Å². The number of amides is 2. The summed E-state index contributed by atoms with van der Waals surface area (Å²) in [7, 11) is 0. The van der Waals surface area contributed by atoms with E-state index in [-0.39, 0.29) is 5.91 Å². The highest BCUT2D eigenvalue weighted by molar-refractivity contribution is 5.97. The molecule has 0 heterocycles. The molecule has 2 rings (SSSR count). The van der Waals surface area contributed by atoms with Gasteiger partial charge in [-0.1, -0.05) is 25.5 Å². The number of rotatable bonds is 8. The Morgan fingerprint density at radius 1 is 1.08 bits per heavy atom. The van der Waals surface area contributed by atoms with Crippen LogP contribution in [0.5, 0.6) is 5.75 Å². The second-order valence-corrected chi connectivity index (χ2v) is 5.47. The first-order valence-corrected chi connectivity index (χ1v) is 8.00. The van der Waals surface area contributed by atoms with Gasteiger partial charge in [0.05, 0.1) is 6.61 Å². The van der Waals surface area contributed by atoms with Crippen LogP contribution in [0.3, 0.4) is 0 Å². The molecule has 5 heteroatoms. The Hall–Kier alpha value is -2.82. The number of carbonyl (C=O) groups is 2. The molecule has 0 radical (unpaired) electrons. The molecule has 2 aromatic carbocycles. The number of ether oxygens (including phenoxy) is 1. The molecule has 0 aliphatic carbocycles. The summed E-state index contributed by atoms with van der Waals surface area (Å²) in [6.07, 6.45) is 2.10. The van der Waals surface area contributed by atoms with E-state index in [2.05, 4.69) is 12.2 Å². The number of unbranched alkanes of at least 4 members (excludes halogenated alkanes) is 1. The lowest BCUT2D eigenvalue weighted by molar-refractivity contribution is 0.0948. The largest absolute Gasteiger partial charge is 0.494 e. The van der Waals surface area contributed by atoms with Gasteiger partial charge in [0, 0.05) is 17.7 Å². The number of primary amides is 1. The smallest absolute Gasteiger partial charge is 0.251 e. The fraction of sp³-hybridized carbons (Fsp3) is 0.263. The third kappa shape index (κ3) is 5.12. The standard InChI is InChI=1S/C19H22N2O3/c1-2-3-11-24-17-6-4-5-14(12-17)13-21-19(23)16-9-7-15(8-10-16)18(20)22/h4-10,12H,2-3,11,13H2,1H3,(H2,20,22)(H,21,23). The number of hydrogen-bond acceptors (Lipinski definition) is 3. The lowest BCUT2D eigenvalue weighted by atomic mass is 10.1. The maximum Gasteiger partial charge on any atom is 0.251 e. The van der Waals surface area contributed by atoms with Crippen molar-refractivity contribution in [1.82, 2.24) is 5.32 Å². The summed E-state index contributed by atoms with van der Waals surface area (Å²) in [5, 5.41) is 2.85. The van der Waals surface area contributed by atoms with Gasteiger partial charge in [-0.05, 0) is 48.4 Å². The van der Waals surface area contributed by atoms with E-state index in [0.717, 1.165) is 24.2 Å². The molecule has 0 saturated carbocycles. The Kier molecular flexibility index (Phi) is 6.37. The van der Waals surface area contributed by atoms with Gasteiger partial charge in [-0.25, -0.2) is 0 Å². The van der Waals surface area contributed by atoms with Gasteiger partial charge in [-0.2, -0.15) is 0 Å². The summed E-state index contributed by atoms with van der Waals surface area (Å²) in [5.74, 6) is 0.0891. The highest BCUT2D eigenvalue weighted by Crippen LogP contribution is 2.14. The van der Waals surface area contributed by atoms with Crippen molar-refractivity contribution in [3.8, 4) is 5.75 Å². The minimum absolute atomic E-state index is 0.205. The molecule has 0 aliphatic rings. The van der Waals surface area contributed by atoms with Gasteiger partial charge < -0.3 is 15.8 Å². The van der Waals surface area contributed by atoms with Gasteiger partial charge in [-0.15, -0.1) is 0 Å². The molecule has 0 aromatic heterocycles. The summed E-state index contributed by atoms with van der Waals surface area (Å²) in [5.41, 5.74) is 7.00. The van der Waals surface area contributed by atoms with Crippen molar-refractivity contribution >= 4 is 11.8 Å². The first kappa shape index (κ1) is 17.5. The van der Waals surface area contributed by atoms with Gasteiger partial charge in [-0.3, -0.25) is 9.59 Å². The SMILES string of the molecule is CCCCOc1cccc(CNC(=O)c2ccc(C(N)=O)cc2)c1. The van der Waals surface area contributed by atoms with Crippen molar-refractivity contribution in [2.45, 2.75) is 26.3 Å². The second-order valence-electron chi connectivity index (χ2n) is 5.47. The summed E-state index contributed by atoms with van der Waals surface area (Å²) < 4.78 is 5.66. The molecule has 0 spiro atoms. The Labute approximate surface area is 141 Å². The minimum Gasteiger partial charge on any atom is -0.494 e. The molecular formula is C19H22N2O3. The third-order valence-corrected chi connectivity index (χ3v) is 3.55. The molecule has 3 N–H and O–H groups in total. The monoisotopic (exact) mass is 326 g/mol. The highest BCUT2D eigenvalue weighted by atomic mass is 16.5. The summed E-state index contributed by atoms with van der Waals surface area (Å²) in [6.45, 7) is 3.21. The Balaban J connectivity index is 1.91. The van der Waals surface area contributed by atoms with Gasteiger partial charge in [0.1, 0.15) is 5.75 Å². The minimum atomic E-state index is -0.512. The summed E-state index contributed by atoms with van der Waals surface area (Å²) in [6, 6.07) is 13.9. The van der Waals surface area contributed by atoms with Crippen LogP contribution >= 0.6 is 0 Å². The van der Waals surface area contributed by atoms with Gasteiger partial charge in [0.25, 0.3) is 5.91 Å². The first-order chi connectivity index (χ1) is 11.6. The van der Waals surface area contributed by atoms with Crippen LogP contribution in [0, 0.1) is 0 Å². The molecule has 0 aliphatic heterocycles. The Bertz CT molecular complexity index is 696. The molecule has 0 saturated heterocycles. The van der Waals surface area contributed by atoms with E-state index in [1.54, 1.807) is 24.3 Å². The van der Waals surface area contributed by atoms with Crippen LogP contribution in [0.4, 0.5) is 0 Å². The maximum absolute atomic E-state index is 12.1. The lowest BCUT2D eigenvalue weighted by Gasteiger charge is -2.09.